The summed E-state index contributed by atoms with van der Waals surface area (Å²) in [7, 11) is 0. The van der Waals surface area contributed by atoms with Crippen molar-refractivity contribution in [2.24, 2.45) is 0 Å². The molecule has 0 unspecified atom stereocenters. The van der Waals surface area contributed by atoms with Gasteiger partial charge in [-0.15, -0.1) is 10.2 Å². The molecule has 1 aliphatic carbocycles. The summed E-state index contributed by atoms with van der Waals surface area (Å²) in [6.07, 6.45) is 6.45. The van der Waals surface area contributed by atoms with Gasteiger partial charge in [0, 0.05) is 37.9 Å². The lowest BCUT2D eigenvalue weighted by atomic mass is 9.93. The summed E-state index contributed by atoms with van der Waals surface area (Å²) < 4.78 is 0. The smallest absolute Gasteiger partial charge is 0.155 e. The third-order valence-electron chi connectivity index (χ3n) is 5.02. The van der Waals surface area contributed by atoms with Crippen LogP contribution >= 0.6 is 11.6 Å². The number of piperazine rings is 1. The molecule has 5 nitrogen and oxygen atoms in total. The lowest BCUT2D eigenvalue weighted by Crippen LogP contribution is -2.47. The van der Waals surface area contributed by atoms with E-state index < -0.39 is 0 Å². The molecule has 0 radical (unpaired) electrons. The first kappa shape index (κ1) is 15.6. The number of hydrogen-bond donors (Lipinski definition) is 0. The summed E-state index contributed by atoms with van der Waals surface area (Å²) in [5.41, 5.74) is 3.74. The normalized spacial score (nSPS) is 17.8. The Morgan fingerprint density at radius 3 is 2.33 bits per heavy atom. The Kier molecular flexibility index (Phi) is 4.27. The first-order valence-corrected chi connectivity index (χ1v) is 9.06. The van der Waals surface area contributed by atoms with Crippen molar-refractivity contribution in [3.63, 3.8) is 0 Å². The van der Waals surface area contributed by atoms with Crippen molar-refractivity contribution < 1.29 is 0 Å². The molecule has 0 saturated carbocycles. The van der Waals surface area contributed by atoms with E-state index in [1.807, 2.05) is 6.20 Å². The number of aryl methyl sites for hydroxylation is 1. The highest BCUT2D eigenvalue weighted by Crippen LogP contribution is 2.32. The molecule has 126 valence electrons. The summed E-state index contributed by atoms with van der Waals surface area (Å²) in [6.45, 7) is 5.86. The van der Waals surface area contributed by atoms with Crippen LogP contribution in [0.25, 0.3) is 0 Å². The third kappa shape index (κ3) is 2.93. The van der Waals surface area contributed by atoms with E-state index in [2.05, 4.69) is 44.0 Å². The molecule has 0 aromatic carbocycles. The second-order valence-electron chi connectivity index (χ2n) is 6.65. The van der Waals surface area contributed by atoms with E-state index in [4.69, 9.17) is 11.6 Å². The van der Waals surface area contributed by atoms with E-state index in [1.165, 1.54) is 29.5 Å². The minimum Gasteiger partial charge on any atom is -0.353 e. The number of nitrogens with zero attached hydrogens (tertiary/aromatic N) is 5. The largest absolute Gasteiger partial charge is 0.353 e. The van der Waals surface area contributed by atoms with E-state index in [9.17, 15) is 0 Å². The van der Waals surface area contributed by atoms with Crippen molar-refractivity contribution in [1.82, 2.24) is 15.2 Å². The molecular weight excluding hydrogens is 322 g/mol. The van der Waals surface area contributed by atoms with E-state index in [0.29, 0.717) is 5.15 Å². The van der Waals surface area contributed by atoms with Crippen LogP contribution in [-0.2, 0) is 12.8 Å². The number of rotatable bonds is 2. The van der Waals surface area contributed by atoms with E-state index in [-0.39, 0.29) is 0 Å². The number of pyridine rings is 1. The Balaban J connectivity index is 1.51. The van der Waals surface area contributed by atoms with E-state index in [1.54, 1.807) is 0 Å². The van der Waals surface area contributed by atoms with Crippen LogP contribution in [0.15, 0.2) is 18.3 Å². The number of halogens is 1. The van der Waals surface area contributed by atoms with Crippen LogP contribution in [0.2, 0.25) is 5.15 Å². The maximum Gasteiger partial charge on any atom is 0.155 e. The SMILES string of the molecule is Cc1ccc(N2CCN(c3nnc(Cl)c4c3CCCC4)CC2)nc1. The minimum atomic E-state index is 0.593. The van der Waals surface area contributed by atoms with Crippen molar-refractivity contribution in [2.75, 3.05) is 36.0 Å². The predicted octanol–water partition coefficient (Wildman–Crippen LogP) is 3.04. The average Bonchev–Trinajstić information content (AvgIpc) is 2.63. The van der Waals surface area contributed by atoms with Crippen LogP contribution in [0.5, 0.6) is 0 Å². The van der Waals surface area contributed by atoms with Gasteiger partial charge in [0.2, 0.25) is 0 Å². The van der Waals surface area contributed by atoms with E-state index in [0.717, 1.165) is 50.7 Å². The molecule has 1 saturated heterocycles. The predicted molar refractivity (Wildman–Crippen MR) is 97.1 cm³/mol. The monoisotopic (exact) mass is 343 g/mol. The molecule has 0 amide bonds. The highest BCUT2D eigenvalue weighted by atomic mass is 35.5. The maximum absolute atomic E-state index is 6.26. The van der Waals surface area contributed by atoms with Crippen LogP contribution in [0, 0.1) is 6.92 Å². The highest BCUT2D eigenvalue weighted by Gasteiger charge is 2.25. The maximum atomic E-state index is 6.26. The first-order chi connectivity index (χ1) is 11.7. The fraction of sp³-hybridized carbons (Fsp3) is 0.500. The van der Waals surface area contributed by atoms with Crippen LogP contribution in [0.3, 0.4) is 0 Å². The number of anilines is 2. The Bertz CT molecular complexity index is 723. The summed E-state index contributed by atoms with van der Waals surface area (Å²) in [4.78, 5) is 9.24. The zero-order valence-corrected chi connectivity index (χ0v) is 14.8. The van der Waals surface area contributed by atoms with Crippen molar-refractivity contribution in [3.05, 3.63) is 40.2 Å². The fourth-order valence-electron chi connectivity index (χ4n) is 3.64. The van der Waals surface area contributed by atoms with Crippen molar-refractivity contribution in [3.8, 4) is 0 Å². The van der Waals surface area contributed by atoms with Crippen LogP contribution in [-0.4, -0.2) is 41.4 Å². The zero-order valence-electron chi connectivity index (χ0n) is 14.0. The molecule has 4 rings (SSSR count). The summed E-state index contributed by atoms with van der Waals surface area (Å²) in [5, 5.41) is 9.23. The Morgan fingerprint density at radius 1 is 0.917 bits per heavy atom. The van der Waals surface area contributed by atoms with Crippen LogP contribution < -0.4 is 9.80 Å². The van der Waals surface area contributed by atoms with Crippen LogP contribution in [0.1, 0.15) is 29.5 Å². The van der Waals surface area contributed by atoms with Crippen molar-refractivity contribution in [2.45, 2.75) is 32.6 Å². The third-order valence-corrected chi connectivity index (χ3v) is 5.32. The van der Waals surface area contributed by atoms with Gasteiger partial charge in [-0.1, -0.05) is 17.7 Å². The van der Waals surface area contributed by atoms with Gasteiger partial charge in [0.15, 0.2) is 11.0 Å². The molecule has 2 aromatic rings. The molecule has 2 aliphatic rings. The quantitative estimate of drug-likeness (QED) is 0.838. The van der Waals surface area contributed by atoms with Gasteiger partial charge in [0.1, 0.15) is 5.82 Å². The van der Waals surface area contributed by atoms with Gasteiger partial charge in [0.25, 0.3) is 0 Å². The first-order valence-electron chi connectivity index (χ1n) is 8.69. The van der Waals surface area contributed by atoms with Gasteiger partial charge in [0.05, 0.1) is 0 Å². The summed E-state index contributed by atoms with van der Waals surface area (Å²) >= 11 is 6.26. The second-order valence-corrected chi connectivity index (χ2v) is 7.00. The molecule has 0 atom stereocenters. The molecule has 0 N–H and O–H groups in total. The summed E-state index contributed by atoms with van der Waals surface area (Å²) in [6, 6.07) is 4.23. The highest BCUT2D eigenvalue weighted by molar-refractivity contribution is 6.30. The van der Waals surface area contributed by atoms with Gasteiger partial charge in [-0.25, -0.2) is 4.98 Å². The lowest BCUT2D eigenvalue weighted by molar-refractivity contribution is 0.620. The van der Waals surface area contributed by atoms with Gasteiger partial charge in [-0.2, -0.15) is 0 Å². The fourth-order valence-corrected chi connectivity index (χ4v) is 3.89. The van der Waals surface area contributed by atoms with Gasteiger partial charge >= 0.3 is 0 Å². The molecule has 1 fully saturated rings. The number of fused-ring (bicyclic) bond motifs is 1. The molecule has 3 heterocycles. The minimum absolute atomic E-state index is 0.593. The van der Waals surface area contributed by atoms with Crippen LogP contribution in [0.4, 0.5) is 11.6 Å². The van der Waals surface area contributed by atoms with Crippen molar-refractivity contribution in [1.29, 1.82) is 0 Å². The number of aromatic nitrogens is 3. The zero-order chi connectivity index (χ0) is 16.5. The Morgan fingerprint density at radius 2 is 1.62 bits per heavy atom. The molecule has 0 bridgehead atoms. The molecule has 2 aromatic heterocycles. The standard InChI is InChI=1S/C18H22ClN5/c1-13-6-7-16(20-12-13)23-8-10-24(11-9-23)18-15-5-3-2-4-14(15)17(19)21-22-18/h6-7,12H,2-5,8-11H2,1H3. The average molecular weight is 344 g/mol. The Hall–Kier alpha value is -1.88. The second kappa shape index (κ2) is 6.55. The molecule has 24 heavy (non-hydrogen) atoms. The lowest BCUT2D eigenvalue weighted by Gasteiger charge is -2.37. The van der Waals surface area contributed by atoms with Gasteiger partial charge in [-0.05, 0) is 49.8 Å². The van der Waals surface area contributed by atoms with E-state index >= 15 is 0 Å². The van der Waals surface area contributed by atoms with Gasteiger partial charge in [-0.3, -0.25) is 0 Å². The Labute approximate surface area is 147 Å². The molecule has 6 heteroatoms. The van der Waals surface area contributed by atoms with Gasteiger partial charge < -0.3 is 9.80 Å². The topological polar surface area (TPSA) is 45.2 Å². The van der Waals surface area contributed by atoms with Crippen molar-refractivity contribution >= 4 is 23.2 Å². The molecule has 0 spiro atoms. The molecular formula is C18H22ClN5. The summed E-state index contributed by atoms with van der Waals surface area (Å²) in [5.74, 6) is 2.11. The number of hydrogen-bond acceptors (Lipinski definition) is 5. The molecule has 1 aliphatic heterocycles.